The van der Waals surface area contributed by atoms with Crippen LogP contribution in [0.5, 0.6) is 0 Å². The summed E-state index contributed by atoms with van der Waals surface area (Å²) in [7, 11) is 0. The van der Waals surface area contributed by atoms with Crippen LogP contribution < -0.4 is 5.73 Å². The van der Waals surface area contributed by atoms with E-state index in [9.17, 15) is 4.79 Å². The monoisotopic (exact) mass is 255 g/mol. The number of benzene rings is 2. The number of aliphatic carboxylic acids is 1. The van der Waals surface area contributed by atoms with Crippen LogP contribution in [0.25, 0.3) is 21.9 Å². The highest BCUT2D eigenvalue weighted by atomic mass is 16.4. The maximum absolute atomic E-state index is 11.0. The third-order valence-electron chi connectivity index (χ3n) is 3.39. The van der Waals surface area contributed by atoms with E-state index in [4.69, 9.17) is 15.3 Å². The number of rotatable bonds is 2. The molecule has 3 aromatic rings. The number of hydrogen-bond donors (Lipinski definition) is 2. The normalized spacial score (nSPS) is 12.9. The van der Waals surface area contributed by atoms with E-state index in [1.54, 1.807) is 25.1 Å². The van der Waals surface area contributed by atoms with Crippen LogP contribution in [-0.2, 0) is 4.79 Å². The Bertz CT molecular complexity index is 789. The van der Waals surface area contributed by atoms with E-state index in [-0.39, 0.29) is 0 Å². The molecule has 4 nitrogen and oxygen atoms in total. The molecule has 0 radical (unpaired) electrons. The van der Waals surface area contributed by atoms with Crippen LogP contribution in [0.1, 0.15) is 18.4 Å². The molecule has 1 atom stereocenters. The molecular weight excluding hydrogens is 242 g/mol. The lowest BCUT2D eigenvalue weighted by atomic mass is 9.99. The molecule has 0 saturated carbocycles. The van der Waals surface area contributed by atoms with Gasteiger partial charge in [0.1, 0.15) is 11.2 Å². The Balaban J connectivity index is 2.28. The highest BCUT2D eigenvalue weighted by Gasteiger charge is 2.15. The minimum atomic E-state index is -0.841. The second-order valence-corrected chi connectivity index (χ2v) is 4.67. The van der Waals surface area contributed by atoms with Crippen molar-refractivity contribution in [2.24, 2.45) is 0 Å². The Morgan fingerprint density at radius 2 is 1.79 bits per heavy atom. The topological polar surface area (TPSA) is 76.5 Å². The van der Waals surface area contributed by atoms with Gasteiger partial charge in [-0.2, -0.15) is 0 Å². The molecule has 96 valence electrons. The Labute approximate surface area is 109 Å². The van der Waals surface area contributed by atoms with Crippen LogP contribution in [0.4, 0.5) is 5.69 Å². The lowest BCUT2D eigenvalue weighted by Crippen LogP contribution is -2.06. The highest BCUT2D eigenvalue weighted by molar-refractivity contribution is 6.06. The third kappa shape index (κ3) is 1.81. The van der Waals surface area contributed by atoms with E-state index < -0.39 is 11.9 Å². The number of furan rings is 1. The molecule has 0 saturated heterocycles. The lowest BCUT2D eigenvalue weighted by molar-refractivity contribution is -0.138. The van der Waals surface area contributed by atoms with E-state index in [0.717, 1.165) is 27.5 Å². The molecule has 0 fully saturated rings. The van der Waals surface area contributed by atoms with Crippen molar-refractivity contribution in [3.05, 3.63) is 42.0 Å². The number of nitrogens with two attached hydrogens (primary N) is 1. The summed E-state index contributed by atoms with van der Waals surface area (Å²) in [5, 5.41) is 10.9. The fraction of sp³-hybridized carbons (Fsp3) is 0.133. The van der Waals surface area contributed by atoms with E-state index in [0.29, 0.717) is 5.69 Å². The summed E-state index contributed by atoms with van der Waals surface area (Å²) in [4.78, 5) is 11.0. The van der Waals surface area contributed by atoms with Gasteiger partial charge in [0.25, 0.3) is 0 Å². The number of nitrogen functional groups attached to an aromatic ring is 1. The molecule has 1 aromatic heterocycles. The van der Waals surface area contributed by atoms with Gasteiger partial charge in [0, 0.05) is 16.5 Å². The van der Waals surface area contributed by atoms with Gasteiger partial charge >= 0.3 is 5.97 Å². The minimum Gasteiger partial charge on any atom is -0.481 e. The largest absolute Gasteiger partial charge is 0.481 e. The fourth-order valence-corrected chi connectivity index (χ4v) is 2.22. The number of fused-ring (bicyclic) bond motifs is 3. The van der Waals surface area contributed by atoms with E-state index in [1.165, 1.54) is 0 Å². The second kappa shape index (κ2) is 4.02. The summed E-state index contributed by atoms with van der Waals surface area (Å²) in [5.41, 5.74) is 8.69. The first kappa shape index (κ1) is 11.6. The Morgan fingerprint density at radius 3 is 2.47 bits per heavy atom. The summed E-state index contributed by atoms with van der Waals surface area (Å²) in [6.45, 7) is 1.67. The summed E-state index contributed by atoms with van der Waals surface area (Å²) in [5.74, 6) is -1.39. The van der Waals surface area contributed by atoms with Crippen LogP contribution in [0.3, 0.4) is 0 Å². The molecule has 0 bridgehead atoms. The SMILES string of the molecule is CC(C(=O)O)c1ccc2oc3ccc(N)cc3c2c1. The smallest absolute Gasteiger partial charge is 0.310 e. The summed E-state index contributed by atoms with van der Waals surface area (Å²) < 4.78 is 5.70. The van der Waals surface area contributed by atoms with Crippen molar-refractivity contribution in [3.8, 4) is 0 Å². The van der Waals surface area contributed by atoms with E-state index in [1.807, 2.05) is 18.2 Å². The maximum Gasteiger partial charge on any atom is 0.310 e. The molecule has 1 heterocycles. The molecule has 19 heavy (non-hydrogen) atoms. The van der Waals surface area contributed by atoms with Gasteiger partial charge in [-0.1, -0.05) is 6.07 Å². The zero-order valence-electron chi connectivity index (χ0n) is 10.4. The van der Waals surface area contributed by atoms with Gasteiger partial charge < -0.3 is 15.3 Å². The van der Waals surface area contributed by atoms with Crippen LogP contribution in [0, 0.1) is 0 Å². The van der Waals surface area contributed by atoms with Crippen molar-refractivity contribution in [3.63, 3.8) is 0 Å². The van der Waals surface area contributed by atoms with Gasteiger partial charge in [-0.15, -0.1) is 0 Å². The zero-order valence-corrected chi connectivity index (χ0v) is 10.4. The average molecular weight is 255 g/mol. The zero-order chi connectivity index (χ0) is 13.6. The van der Waals surface area contributed by atoms with Gasteiger partial charge in [-0.3, -0.25) is 4.79 Å². The summed E-state index contributed by atoms with van der Waals surface area (Å²) >= 11 is 0. The number of carboxylic acids is 1. The number of carbonyl (C=O) groups is 1. The molecule has 4 heteroatoms. The molecule has 3 N–H and O–H groups in total. The van der Waals surface area contributed by atoms with Crippen molar-refractivity contribution < 1.29 is 14.3 Å². The van der Waals surface area contributed by atoms with Crippen LogP contribution in [0.2, 0.25) is 0 Å². The number of hydrogen-bond acceptors (Lipinski definition) is 3. The molecule has 0 spiro atoms. The summed E-state index contributed by atoms with van der Waals surface area (Å²) in [6.07, 6.45) is 0. The number of carboxylic acid groups (broad SMARTS) is 1. The highest BCUT2D eigenvalue weighted by Crippen LogP contribution is 2.32. The first-order valence-electron chi connectivity index (χ1n) is 6.01. The van der Waals surface area contributed by atoms with Crippen molar-refractivity contribution in [1.29, 1.82) is 0 Å². The van der Waals surface area contributed by atoms with Gasteiger partial charge in [0.2, 0.25) is 0 Å². The van der Waals surface area contributed by atoms with Crippen molar-refractivity contribution in [2.45, 2.75) is 12.8 Å². The average Bonchev–Trinajstić information content (AvgIpc) is 2.75. The van der Waals surface area contributed by atoms with Crippen LogP contribution >= 0.6 is 0 Å². The van der Waals surface area contributed by atoms with E-state index >= 15 is 0 Å². The predicted molar refractivity (Wildman–Crippen MR) is 74.2 cm³/mol. The van der Waals surface area contributed by atoms with Gasteiger partial charge in [0.15, 0.2) is 0 Å². The molecule has 0 amide bonds. The Hall–Kier alpha value is -2.49. The molecule has 0 aliphatic rings. The van der Waals surface area contributed by atoms with Gasteiger partial charge in [0.05, 0.1) is 5.92 Å². The minimum absolute atomic E-state index is 0.546. The first-order chi connectivity index (χ1) is 9.06. The molecular formula is C15H13NO3. The Kier molecular flexibility index (Phi) is 2.45. The lowest BCUT2D eigenvalue weighted by Gasteiger charge is -2.05. The third-order valence-corrected chi connectivity index (χ3v) is 3.39. The van der Waals surface area contributed by atoms with Gasteiger partial charge in [-0.05, 0) is 42.8 Å². The predicted octanol–water partition coefficient (Wildman–Crippen LogP) is 3.36. The summed E-state index contributed by atoms with van der Waals surface area (Å²) in [6, 6.07) is 10.9. The molecule has 1 unspecified atom stereocenters. The van der Waals surface area contributed by atoms with Crippen LogP contribution in [-0.4, -0.2) is 11.1 Å². The fourth-order valence-electron chi connectivity index (χ4n) is 2.22. The molecule has 0 aliphatic carbocycles. The standard InChI is InChI=1S/C15H13NO3/c1-8(15(17)18)9-2-4-13-11(6-9)12-7-10(16)3-5-14(12)19-13/h2-8H,16H2,1H3,(H,17,18). The molecule has 3 rings (SSSR count). The van der Waals surface area contributed by atoms with Crippen molar-refractivity contribution >= 4 is 33.6 Å². The van der Waals surface area contributed by atoms with Gasteiger partial charge in [-0.25, -0.2) is 0 Å². The number of anilines is 1. The first-order valence-corrected chi connectivity index (χ1v) is 6.01. The quantitative estimate of drug-likeness (QED) is 0.688. The van der Waals surface area contributed by atoms with Crippen molar-refractivity contribution in [2.75, 3.05) is 5.73 Å². The van der Waals surface area contributed by atoms with Crippen molar-refractivity contribution in [1.82, 2.24) is 0 Å². The van der Waals surface area contributed by atoms with E-state index in [2.05, 4.69) is 0 Å². The molecule has 2 aromatic carbocycles. The molecule has 0 aliphatic heterocycles. The Morgan fingerprint density at radius 1 is 1.16 bits per heavy atom. The second-order valence-electron chi connectivity index (χ2n) is 4.67. The maximum atomic E-state index is 11.0. The van der Waals surface area contributed by atoms with Crippen LogP contribution in [0.15, 0.2) is 40.8 Å².